The molecule has 1 aromatic carbocycles. The monoisotopic (exact) mass is 413 g/mol. The summed E-state index contributed by atoms with van der Waals surface area (Å²) in [5.74, 6) is -0.710. The maximum atomic E-state index is 12.3. The maximum absolute atomic E-state index is 12.3. The van der Waals surface area contributed by atoms with Crippen LogP contribution in [0.3, 0.4) is 0 Å². The van der Waals surface area contributed by atoms with Crippen molar-refractivity contribution in [2.75, 3.05) is 13.2 Å². The average molecular weight is 414 g/mol. The standard InChI is InChI=1S/C18H24BrNO5/c1-4-15(19)16(22)14-9-7-13(8-10-14)11-18(12-21,20-25-6-3)17(23)24-5-2/h7-10,12,15,20H,4-6,11H2,1-3H3. The molecule has 2 atom stereocenters. The van der Waals surface area contributed by atoms with Crippen LogP contribution in [-0.2, 0) is 25.6 Å². The highest BCUT2D eigenvalue weighted by Gasteiger charge is 2.40. The molecule has 0 amide bonds. The fraction of sp³-hybridized carbons (Fsp3) is 0.500. The van der Waals surface area contributed by atoms with Crippen LogP contribution in [0.2, 0.25) is 0 Å². The van der Waals surface area contributed by atoms with Crippen molar-refractivity contribution < 1.29 is 24.0 Å². The smallest absolute Gasteiger partial charge is 0.336 e. The number of halogens is 1. The predicted octanol–water partition coefficient (Wildman–Crippen LogP) is 2.63. The second kappa shape index (κ2) is 10.4. The van der Waals surface area contributed by atoms with E-state index >= 15 is 0 Å². The van der Waals surface area contributed by atoms with Gasteiger partial charge in [-0.1, -0.05) is 47.1 Å². The third-order valence-corrected chi connectivity index (χ3v) is 4.67. The van der Waals surface area contributed by atoms with Gasteiger partial charge in [0.2, 0.25) is 0 Å². The summed E-state index contributed by atoms with van der Waals surface area (Å²) in [7, 11) is 0. The topological polar surface area (TPSA) is 81.7 Å². The molecule has 25 heavy (non-hydrogen) atoms. The van der Waals surface area contributed by atoms with Gasteiger partial charge in [-0.05, 0) is 25.8 Å². The lowest BCUT2D eigenvalue weighted by Gasteiger charge is -2.26. The molecule has 7 heteroatoms. The normalized spacial score (nSPS) is 14.4. The molecule has 0 bridgehead atoms. The van der Waals surface area contributed by atoms with E-state index in [1.54, 1.807) is 38.1 Å². The Bertz CT molecular complexity index is 590. The van der Waals surface area contributed by atoms with Crippen LogP contribution in [0.1, 0.15) is 43.1 Å². The minimum absolute atomic E-state index is 0.00599. The SMILES string of the molecule is CCONC(C=O)(Cc1ccc(C(=O)C(Br)CC)cc1)C(=O)OCC. The third-order valence-electron chi connectivity index (χ3n) is 3.60. The van der Waals surface area contributed by atoms with Crippen molar-refractivity contribution in [3.63, 3.8) is 0 Å². The molecule has 0 aliphatic carbocycles. The first-order valence-corrected chi connectivity index (χ1v) is 9.15. The van der Waals surface area contributed by atoms with E-state index in [0.29, 0.717) is 23.8 Å². The van der Waals surface area contributed by atoms with Gasteiger partial charge in [0, 0.05) is 12.0 Å². The highest BCUT2D eigenvalue weighted by Crippen LogP contribution is 2.18. The molecule has 0 heterocycles. The number of ketones is 1. The Morgan fingerprint density at radius 2 is 1.84 bits per heavy atom. The van der Waals surface area contributed by atoms with E-state index in [4.69, 9.17) is 9.57 Å². The number of hydroxylamine groups is 1. The molecular formula is C18H24BrNO5. The molecule has 0 saturated carbocycles. The molecule has 2 unspecified atom stereocenters. The molecule has 1 rings (SSSR count). The Labute approximate surface area is 156 Å². The van der Waals surface area contributed by atoms with Crippen molar-refractivity contribution in [2.45, 2.75) is 44.0 Å². The molecule has 1 N–H and O–H groups in total. The minimum Gasteiger partial charge on any atom is -0.464 e. The van der Waals surface area contributed by atoms with Crippen molar-refractivity contribution in [2.24, 2.45) is 0 Å². The minimum atomic E-state index is -1.63. The first kappa shape index (κ1) is 21.5. The fourth-order valence-corrected chi connectivity index (χ4v) is 2.46. The molecule has 0 aromatic heterocycles. The molecule has 138 valence electrons. The lowest BCUT2D eigenvalue weighted by molar-refractivity contribution is -0.160. The Hall–Kier alpha value is -1.57. The molecule has 0 aliphatic rings. The van der Waals surface area contributed by atoms with E-state index in [0.717, 1.165) is 0 Å². The quantitative estimate of drug-likeness (QED) is 0.150. The van der Waals surface area contributed by atoms with Gasteiger partial charge in [-0.15, -0.1) is 0 Å². The summed E-state index contributed by atoms with van der Waals surface area (Å²) in [5.41, 5.74) is 2.16. The van der Waals surface area contributed by atoms with Crippen molar-refractivity contribution >= 4 is 34.0 Å². The molecule has 0 radical (unpaired) electrons. The summed E-state index contributed by atoms with van der Waals surface area (Å²) in [5, 5.41) is 0. The van der Waals surface area contributed by atoms with Crippen molar-refractivity contribution in [3.05, 3.63) is 35.4 Å². The van der Waals surface area contributed by atoms with Gasteiger partial charge in [0.05, 0.1) is 18.0 Å². The summed E-state index contributed by atoms with van der Waals surface area (Å²) in [6.45, 7) is 5.76. The number of carbonyl (C=O) groups is 3. The number of Topliss-reactive ketones (excluding diaryl/α,β-unsaturated/α-hetero) is 1. The van der Waals surface area contributed by atoms with Crippen molar-refractivity contribution in [1.29, 1.82) is 0 Å². The van der Waals surface area contributed by atoms with Crippen molar-refractivity contribution in [1.82, 2.24) is 5.48 Å². The van der Waals surface area contributed by atoms with Gasteiger partial charge >= 0.3 is 5.97 Å². The largest absolute Gasteiger partial charge is 0.464 e. The highest BCUT2D eigenvalue weighted by molar-refractivity contribution is 9.10. The number of ether oxygens (including phenoxy) is 1. The summed E-state index contributed by atoms with van der Waals surface area (Å²) < 4.78 is 5.00. The molecular weight excluding hydrogens is 390 g/mol. The van der Waals surface area contributed by atoms with Crippen LogP contribution >= 0.6 is 15.9 Å². The summed E-state index contributed by atoms with van der Waals surface area (Å²) >= 11 is 3.34. The molecule has 0 fully saturated rings. The predicted molar refractivity (Wildman–Crippen MR) is 97.7 cm³/mol. The van der Waals surface area contributed by atoms with Gasteiger partial charge in [-0.3, -0.25) is 4.79 Å². The number of alkyl halides is 1. The molecule has 6 nitrogen and oxygen atoms in total. The van der Waals surface area contributed by atoms with Crippen LogP contribution in [0.25, 0.3) is 0 Å². The van der Waals surface area contributed by atoms with Crippen LogP contribution in [0.15, 0.2) is 24.3 Å². The van der Waals surface area contributed by atoms with Gasteiger partial charge in [0.25, 0.3) is 0 Å². The van der Waals surface area contributed by atoms with Crippen LogP contribution in [0, 0.1) is 0 Å². The lowest BCUT2D eigenvalue weighted by Crippen LogP contribution is -2.56. The lowest BCUT2D eigenvalue weighted by atomic mass is 9.92. The summed E-state index contributed by atoms with van der Waals surface area (Å²) in [6.07, 6.45) is 1.23. The number of nitrogens with one attached hydrogen (secondary N) is 1. The van der Waals surface area contributed by atoms with Crippen LogP contribution in [-0.4, -0.2) is 41.6 Å². The number of benzene rings is 1. The van der Waals surface area contributed by atoms with E-state index in [1.165, 1.54) is 0 Å². The maximum Gasteiger partial charge on any atom is 0.336 e. The molecule has 1 aromatic rings. The molecule has 0 spiro atoms. The number of esters is 1. The number of rotatable bonds is 11. The zero-order valence-electron chi connectivity index (χ0n) is 14.7. The van der Waals surface area contributed by atoms with E-state index in [1.807, 2.05) is 6.92 Å². The summed E-state index contributed by atoms with van der Waals surface area (Å²) in [6, 6.07) is 6.80. The number of aldehydes is 1. The van der Waals surface area contributed by atoms with E-state index < -0.39 is 11.5 Å². The Balaban J connectivity index is 3.02. The number of carbonyl (C=O) groups excluding carboxylic acids is 3. The van der Waals surface area contributed by atoms with Gasteiger partial charge in [-0.25, -0.2) is 4.79 Å². The van der Waals surface area contributed by atoms with E-state index in [2.05, 4.69) is 21.4 Å². The first-order chi connectivity index (χ1) is 11.9. The van der Waals surface area contributed by atoms with Crippen LogP contribution in [0.4, 0.5) is 0 Å². The number of hydrogen-bond acceptors (Lipinski definition) is 6. The second-order valence-corrected chi connectivity index (χ2v) is 6.56. The van der Waals surface area contributed by atoms with Gasteiger partial charge in [-0.2, -0.15) is 5.48 Å². The zero-order chi connectivity index (χ0) is 18.9. The fourth-order valence-electron chi connectivity index (χ4n) is 2.20. The summed E-state index contributed by atoms with van der Waals surface area (Å²) in [4.78, 5) is 40.9. The average Bonchev–Trinajstić information content (AvgIpc) is 2.64. The van der Waals surface area contributed by atoms with Gasteiger partial charge < -0.3 is 14.4 Å². The Morgan fingerprint density at radius 1 is 1.20 bits per heavy atom. The van der Waals surface area contributed by atoms with Crippen LogP contribution < -0.4 is 5.48 Å². The van der Waals surface area contributed by atoms with Crippen molar-refractivity contribution in [3.8, 4) is 0 Å². The Morgan fingerprint density at radius 3 is 2.32 bits per heavy atom. The Kier molecular flexibility index (Phi) is 8.96. The van der Waals surface area contributed by atoms with Gasteiger partial charge in [0.1, 0.15) is 0 Å². The van der Waals surface area contributed by atoms with Gasteiger partial charge in [0.15, 0.2) is 17.6 Å². The van der Waals surface area contributed by atoms with E-state index in [9.17, 15) is 14.4 Å². The highest BCUT2D eigenvalue weighted by atomic mass is 79.9. The van der Waals surface area contributed by atoms with E-state index in [-0.39, 0.29) is 30.2 Å². The number of hydrogen-bond donors (Lipinski definition) is 1. The molecule has 0 aliphatic heterocycles. The third kappa shape index (κ3) is 5.73. The second-order valence-electron chi connectivity index (χ2n) is 5.46. The first-order valence-electron chi connectivity index (χ1n) is 8.23. The molecule has 0 saturated heterocycles. The zero-order valence-corrected chi connectivity index (χ0v) is 16.3. The van der Waals surface area contributed by atoms with Crippen LogP contribution in [0.5, 0.6) is 0 Å².